The van der Waals surface area contributed by atoms with Gasteiger partial charge in [-0.25, -0.2) is 13.2 Å². The molecule has 0 aliphatic rings. The van der Waals surface area contributed by atoms with Gasteiger partial charge in [-0.05, 0) is 36.2 Å². The normalized spacial score (nSPS) is 11.9. The average Bonchev–Trinajstić information content (AvgIpc) is 2.07. The lowest BCUT2D eigenvalue weighted by Gasteiger charge is -2.19. The van der Waals surface area contributed by atoms with Gasteiger partial charge in [0.2, 0.25) is 0 Å². The van der Waals surface area contributed by atoms with Gasteiger partial charge in [0.15, 0.2) is 0 Å². The Kier molecular flexibility index (Phi) is 3.45. The first-order chi connectivity index (χ1) is 6.72. The Morgan fingerprint density at radius 3 is 2.27 bits per heavy atom. The molecule has 0 aromatic heterocycles. The zero-order chi connectivity index (χ0) is 11.8. The summed E-state index contributed by atoms with van der Waals surface area (Å²) in [6.07, 6.45) is 0.00352. The maximum atomic E-state index is 13.5. The van der Waals surface area contributed by atoms with Gasteiger partial charge in [-0.3, -0.25) is 0 Å². The molecular weight excluding hydrogens is 271 g/mol. The van der Waals surface area contributed by atoms with Gasteiger partial charge in [0.05, 0.1) is 4.47 Å². The smallest absolute Gasteiger partial charge is 0.146 e. The van der Waals surface area contributed by atoms with Gasteiger partial charge in [0, 0.05) is 17.2 Å². The molecule has 0 radical (unpaired) electrons. The summed E-state index contributed by atoms with van der Waals surface area (Å²) < 4.78 is 39.3. The van der Waals surface area contributed by atoms with Crippen LogP contribution in [0.4, 0.5) is 13.2 Å². The van der Waals surface area contributed by atoms with Crippen LogP contribution in [-0.4, -0.2) is 5.54 Å². The summed E-state index contributed by atoms with van der Waals surface area (Å²) in [5, 5.41) is 0. The molecule has 1 aromatic carbocycles. The third-order valence-corrected chi connectivity index (χ3v) is 2.57. The molecule has 0 heterocycles. The molecule has 0 saturated heterocycles. The maximum Gasteiger partial charge on any atom is 0.146 e. The Morgan fingerprint density at radius 2 is 1.80 bits per heavy atom. The van der Waals surface area contributed by atoms with Gasteiger partial charge >= 0.3 is 0 Å². The minimum Gasteiger partial charge on any atom is -0.325 e. The second kappa shape index (κ2) is 4.14. The molecule has 0 spiro atoms. The number of nitrogens with two attached hydrogens (primary N) is 1. The van der Waals surface area contributed by atoms with Crippen molar-refractivity contribution >= 4 is 15.9 Å². The van der Waals surface area contributed by atoms with Crippen LogP contribution in [0.3, 0.4) is 0 Å². The highest BCUT2D eigenvalue weighted by atomic mass is 79.9. The molecule has 0 atom stereocenters. The molecule has 5 heteroatoms. The summed E-state index contributed by atoms with van der Waals surface area (Å²) in [5.41, 5.74) is 4.70. The minimum absolute atomic E-state index is 0.00352. The summed E-state index contributed by atoms with van der Waals surface area (Å²) in [5.74, 6) is -2.79. The summed E-state index contributed by atoms with van der Waals surface area (Å²) in [7, 11) is 0. The lowest BCUT2D eigenvalue weighted by atomic mass is 9.95. The van der Waals surface area contributed by atoms with Crippen molar-refractivity contribution in [3.8, 4) is 0 Å². The van der Waals surface area contributed by atoms with Crippen molar-refractivity contribution in [3.63, 3.8) is 0 Å². The first-order valence-electron chi connectivity index (χ1n) is 4.33. The predicted molar refractivity (Wildman–Crippen MR) is 56.0 cm³/mol. The molecule has 0 amide bonds. The number of hydrogen-bond donors (Lipinski definition) is 1. The van der Waals surface area contributed by atoms with Crippen molar-refractivity contribution in [1.82, 2.24) is 0 Å². The van der Waals surface area contributed by atoms with Crippen molar-refractivity contribution in [2.45, 2.75) is 25.8 Å². The van der Waals surface area contributed by atoms with E-state index >= 15 is 0 Å². The molecule has 2 N–H and O–H groups in total. The number of benzene rings is 1. The molecule has 84 valence electrons. The Balaban J connectivity index is 3.24. The molecule has 0 bridgehead atoms. The van der Waals surface area contributed by atoms with Gasteiger partial charge in [0.25, 0.3) is 0 Å². The highest BCUT2D eigenvalue weighted by Gasteiger charge is 2.22. The fourth-order valence-electron chi connectivity index (χ4n) is 1.22. The Morgan fingerprint density at radius 1 is 1.27 bits per heavy atom. The molecule has 0 unspecified atom stereocenters. The number of halogens is 4. The monoisotopic (exact) mass is 281 g/mol. The van der Waals surface area contributed by atoms with Crippen LogP contribution in [0, 0.1) is 17.5 Å². The second-order valence-corrected chi connectivity index (χ2v) is 4.91. The van der Waals surface area contributed by atoms with Gasteiger partial charge in [-0.2, -0.15) is 0 Å². The first-order valence-corrected chi connectivity index (χ1v) is 5.12. The van der Waals surface area contributed by atoms with Crippen LogP contribution in [0.1, 0.15) is 19.4 Å². The molecule has 0 aliphatic heterocycles. The van der Waals surface area contributed by atoms with E-state index in [9.17, 15) is 13.2 Å². The number of hydrogen-bond acceptors (Lipinski definition) is 1. The molecule has 0 fully saturated rings. The van der Waals surface area contributed by atoms with E-state index in [-0.39, 0.29) is 16.5 Å². The van der Waals surface area contributed by atoms with Crippen LogP contribution >= 0.6 is 15.9 Å². The quantitative estimate of drug-likeness (QED) is 0.654. The second-order valence-electron chi connectivity index (χ2n) is 4.11. The molecule has 1 aromatic rings. The van der Waals surface area contributed by atoms with Gasteiger partial charge in [-0.15, -0.1) is 0 Å². The van der Waals surface area contributed by atoms with Crippen LogP contribution < -0.4 is 5.73 Å². The number of rotatable bonds is 2. The van der Waals surface area contributed by atoms with E-state index in [4.69, 9.17) is 5.73 Å². The molecule has 0 aliphatic carbocycles. The van der Waals surface area contributed by atoms with Gasteiger partial charge in [0.1, 0.15) is 17.5 Å². The summed E-state index contributed by atoms with van der Waals surface area (Å²) in [6.45, 7) is 3.28. The van der Waals surface area contributed by atoms with E-state index in [2.05, 4.69) is 15.9 Å². The van der Waals surface area contributed by atoms with Crippen molar-refractivity contribution in [2.75, 3.05) is 0 Å². The molecule has 15 heavy (non-hydrogen) atoms. The maximum absolute atomic E-state index is 13.5. The largest absolute Gasteiger partial charge is 0.325 e. The first kappa shape index (κ1) is 12.5. The van der Waals surface area contributed by atoms with E-state index in [0.29, 0.717) is 6.07 Å². The zero-order valence-corrected chi connectivity index (χ0v) is 9.96. The predicted octanol–water partition coefficient (Wildman–Crippen LogP) is 3.15. The van der Waals surface area contributed by atoms with Gasteiger partial charge < -0.3 is 5.73 Å². The lowest BCUT2D eigenvalue weighted by Crippen LogP contribution is -2.35. The van der Waals surface area contributed by atoms with Crippen molar-refractivity contribution in [2.24, 2.45) is 5.73 Å². The molecule has 1 nitrogen and oxygen atoms in total. The Hall–Kier alpha value is -0.550. The van der Waals surface area contributed by atoms with Crippen LogP contribution in [0.25, 0.3) is 0 Å². The lowest BCUT2D eigenvalue weighted by molar-refractivity contribution is 0.461. The topological polar surface area (TPSA) is 26.0 Å². The van der Waals surface area contributed by atoms with E-state index in [1.165, 1.54) is 0 Å². The fraction of sp³-hybridized carbons (Fsp3) is 0.400. The summed E-state index contributed by atoms with van der Waals surface area (Å²) >= 11 is 2.71. The van der Waals surface area contributed by atoms with E-state index < -0.39 is 23.0 Å². The molecular formula is C10H11BrF3N. The van der Waals surface area contributed by atoms with Crippen LogP contribution in [-0.2, 0) is 6.42 Å². The van der Waals surface area contributed by atoms with Crippen molar-refractivity contribution in [1.29, 1.82) is 0 Å². The van der Waals surface area contributed by atoms with Gasteiger partial charge in [-0.1, -0.05) is 0 Å². The third kappa shape index (κ3) is 2.95. The SMILES string of the molecule is CC(C)(N)Cc1c(F)cc(F)c(Br)c1F. The fourth-order valence-corrected chi connectivity index (χ4v) is 1.58. The zero-order valence-electron chi connectivity index (χ0n) is 8.37. The summed E-state index contributed by atoms with van der Waals surface area (Å²) in [4.78, 5) is 0. The highest BCUT2D eigenvalue weighted by molar-refractivity contribution is 9.10. The van der Waals surface area contributed by atoms with Crippen LogP contribution in [0.15, 0.2) is 10.5 Å². The highest BCUT2D eigenvalue weighted by Crippen LogP contribution is 2.27. The van der Waals surface area contributed by atoms with E-state index in [1.54, 1.807) is 13.8 Å². The van der Waals surface area contributed by atoms with Crippen molar-refractivity contribution < 1.29 is 13.2 Å². The third-order valence-electron chi connectivity index (χ3n) is 1.84. The standard InChI is InChI=1S/C10H11BrF3N/c1-10(2,15)4-5-6(12)3-7(13)8(11)9(5)14/h3H,4,15H2,1-2H3. The minimum atomic E-state index is -0.955. The Labute approximate surface area is 94.6 Å². The van der Waals surface area contributed by atoms with Crippen LogP contribution in [0.2, 0.25) is 0 Å². The van der Waals surface area contributed by atoms with Crippen LogP contribution in [0.5, 0.6) is 0 Å². The average molecular weight is 282 g/mol. The Bertz CT molecular complexity index is 385. The van der Waals surface area contributed by atoms with E-state index in [1.807, 2.05) is 0 Å². The molecule has 0 saturated carbocycles. The molecule has 1 rings (SSSR count). The van der Waals surface area contributed by atoms with E-state index in [0.717, 1.165) is 0 Å². The summed E-state index contributed by atoms with van der Waals surface area (Å²) in [6, 6.07) is 0.647. The van der Waals surface area contributed by atoms with Crippen molar-refractivity contribution in [3.05, 3.63) is 33.6 Å².